The monoisotopic (exact) mass is 238 g/mol. The molecular weight excluding hydrogens is 228 g/mol. The van der Waals surface area contributed by atoms with Crippen molar-refractivity contribution in [3.05, 3.63) is 30.2 Å². The lowest BCUT2D eigenvalue weighted by atomic mass is 10.2. The van der Waals surface area contributed by atoms with Crippen LogP contribution in [0.3, 0.4) is 0 Å². The number of hydrogen-bond acceptors (Lipinski definition) is 4. The molecule has 84 valence electrons. The summed E-state index contributed by atoms with van der Waals surface area (Å²) in [5, 5.41) is 11.7. The number of rotatable bonds is 2. The molecule has 2 heterocycles. The molecule has 0 saturated heterocycles. The Kier molecular flexibility index (Phi) is 2.49. The number of aromatic nitrogens is 3. The zero-order valence-electron chi connectivity index (χ0n) is 8.51. The summed E-state index contributed by atoms with van der Waals surface area (Å²) in [6.45, 7) is 1.59. The summed E-state index contributed by atoms with van der Waals surface area (Å²) in [6.07, 6.45) is 3.13. The third-order valence-corrected chi connectivity index (χ3v) is 3.23. The summed E-state index contributed by atoms with van der Waals surface area (Å²) in [4.78, 5) is 3.93. The van der Waals surface area contributed by atoms with Crippen LogP contribution in [0.5, 0.6) is 0 Å². The van der Waals surface area contributed by atoms with E-state index in [9.17, 15) is 8.42 Å². The molecule has 2 aromatic rings. The van der Waals surface area contributed by atoms with Crippen LogP contribution in [0.1, 0.15) is 5.69 Å². The largest absolute Gasteiger partial charge is 0.285 e. The highest BCUT2D eigenvalue weighted by atomic mass is 32.2. The highest BCUT2D eigenvalue weighted by Crippen LogP contribution is 2.25. The van der Waals surface area contributed by atoms with E-state index in [0.717, 1.165) is 0 Å². The van der Waals surface area contributed by atoms with Gasteiger partial charge in [0, 0.05) is 18.0 Å². The van der Waals surface area contributed by atoms with Crippen molar-refractivity contribution >= 4 is 10.0 Å². The Morgan fingerprint density at radius 2 is 2.12 bits per heavy atom. The summed E-state index contributed by atoms with van der Waals surface area (Å²) in [5.74, 6) is 0. The fraction of sp³-hybridized carbons (Fsp3) is 0.111. The standard InChI is InChI=1S/C9H10N4O2S/c1-6-9(16(10,14)15)7(2-4-11-6)8-3-5-12-13-8/h2-5H,1H3,(H,12,13)(H2,10,14,15). The minimum Gasteiger partial charge on any atom is -0.285 e. The minimum atomic E-state index is -3.81. The summed E-state index contributed by atoms with van der Waals surface area (Å²) in [5.41, 5.74) is 1.34. The van der Waals surface area contributed by atoms with Gasteiger partial charge in [-0.05, 0) is 19.1 Å². The SMILES string of the molecule is Cc1nccc(-c2cc[nH]n2)c1S(N)(=O)=O. The van der Waals surface area contributed by atoms with Crippen molar-refractivity contribution in [1.82, 2.24) is 15.2 Å². The van der Waals surface area contributed by atoms with Gasteiger partial charge in [-0.15, -0.1) is 0 Å². The minimum absolute atomic E-state index is 0.0158. The van der Waals surface area contributed by atoms with Crippen LogP contribution < -0.4 is 5.14 Å². The van der Waals surface area contributed by atoms with Crippen molar-refractivity contribution in [2.24, 2.45) is 5.14 Å². The molecule has 3 N–H and O–H groups in total. The molecule has 0 bridgehead atoms. The van der Waals surface area contributed by atoms with Gasteiger partial charge < -0.3 is 0 Å². The van der Waals surface area contributed by atoms with Crippen LogP contribution in [0, 0.1) is 6.92 Å². The van der Waals surface area contributed by atoms with E-state index in [0.29, 0.717) is 17.0 Å². The molecule has 0 atom stereocenters. The highest BCUT2D eigenvalue weighted by Gasteiger charge is 2.19. The van der Waals surface area contributed by atoms with Crippen LogP contribution in [-0.4, -0.2) is 23.6 Å². The molecule has 2 rings (SSSR count). The number of aromatic amines is 1. The molecule has 0 aromatic carbocycles. The van der Waals surface area contributed by atoms with Gasteiger partial charge >= 0.3 is 0 Å². The number of aryl methyl sites for hydroxylation is 1. The van der Waals surface area contributed by atoms with Gasteiger partial charge in [-0.3, -0.25) is 10.1 Å². The zero-order valence-corrected chi connectivity index (χ0v) is 9.32. The third-order valence-electron chi connectivity index (χ3n) is 2.14. The van der Waals surface area contributed by atoms with Crippen molar-refractivity contribution in [3.63, 3.8) is 0 Å². The lowest BCUT2D eigenvalue weighted by molar-refractivity contribution is 0.597. The molecule has 0 aliphatic carbocycles. The van der Waals surface area contributed by atoms with E-state index >= 15 is 0 Å². The zero-order chi connectivity index (χ0) is 11.8. The predicted molar refractivity (Wildman–Crippen MR) is 57.9 cm³/mol. The van der Waals surface area contributed by atoms with Gasteiger partial charge in [-0.2, -0.15) is 5.10 Å². The Hall–Kier alpha value is -1.73. The van der Waals surface area contributed by atoms with Gasteiger partial charge in [0.25, 0.3) is 0 Å². The number of sulfonamides is 1. The maximum absolute atomic E-state index is 11.5. The Morgan fingerprint density at radius 1 is 1.38 bits per heavy atom. The Balaban J connectivity index is 2.77. The topological polar surface area (TPSA) is 102 Å². The number of hydrogen-bond donors (Lipinski definition) is 2. The first-order chi connectivity index (χ1) is 7.50. The number of pyridine rings is 1. The summed E-state index contributed by atoms with van der Waals surface area (Å²) in [6, 6.07) is 3.24. The van der Waals surface area contributed by atoms with Gasteiger partial charge in [0.05, 0.1) is 11.4 Å². The molecule has 0 spiro atoms. The molecule has 16 heavy (non-hydrogen) atoms. The van der Waals surface area contributed by atoms with Crippen molar-refractivity contribution < 1.29 is 8.42 Å². The van der Waals surface area contributed by atoms with E-state index in [1.807, 2.05) is 0 Å². The van der Waals surface area contributed by atoms with E-state index in [4.69, 9.17) is 5.14 Å². The van der Waals surface area contributed by atoms with Crippen molar-refractivity contribution in [3.8, 4) is 11.3 Å². The molecule has 2 aromatic heterocycles. The molecule has 6 nitrogen and oxygen atoms in total. The molecule has 0 amide bonds. The Labute approximate surface area is 92.6 Å². The van der Waals surface area contributed by atoms with Gasteiger partial charge in [0.15, 0.2) is 0 Å². The van der Waals surface area contributed by atoms with Crippen molar-refractivity contribution in [2.75, 3.05) is 0 Å². The van der Waals surface area contributed by atoms with E-state index in [1.165, 1.54) is 6.20 Å². The maximum Gasteiger partial charge on any atom is 0.240 e. The molecule has 0 aliphatic rings. The second-order valence-corrected chi connectivity index (χ2v) is 4.78. The summed E-state index contributed by atoms with van der Waals surface area (Å²) >= 11 is 0. The number of primary sulfonamides is 1. The van der Waals surface area contributed by atoms with Gasteiger partial charge in [0.1, 0.15) is 4.90 Å². The molecular formula is C9H10N4O2S. The molecule has 0 aliphatic heterocycles. The van der Waals surface area contributed by atoms with Crippen LogP contribution in [0.15, 0.2) is 29.4 Å². The molecule has 0 unspecified atom stereocenters. The van der Waals surface area contributed by atoms with Crippen molar-refractivity contribution in [1.29, 1.82) is 0 Å². The normalized spacial score (nSPS) is 11.6. The van der Waals surface area contributed by atoms with E-state index in [1.54, 1.807) is 25.3 Å². The number of nitrogens with two attached hydrogens (primary N) is 1. The van der Waals surface area contributed by atoms with Crippen LogP contribution in [0.4, 0.5) is 0 Å². The average Bonchev–Trinajstić information content (AvgIpc) is 2.67. The lowest BCUT2D eigenvalue weighted by Crippen LogP contribution is -2.15. The second kappa shape index (κ2) is 3.69. The van der Waals surface area contributed by atoms with Gasteiger partial charge in [0.2, 0.25) is 10.0 Å². The second-order valence-electron chi connectivity index (χ2n) is 3.28. The molecule has 7 heteroatoms. The van der Waals surface area contributed by atoms with E-state index in [-0.39, 0.29) is 4.90 Å². The molecule has 0 fully saturated rings. The van der Waals surface area contributed by atoms with E-state index in [2.05, 4.69) is 15.2 Å². The summed E-state index contributed by atoms with van der Waals surface area (Å²) in [7, 11) is -3.81. The first-order valence-electron chi connectivity index (χ1n) is 4.48. The maximum atomic E-state index is 11.5. The number of H-pyrrole nitrogens is 1. The Morgan fingerprint density at radius 3 is 2.69 bits per heavy atom. The lowest BCUT2D eigenvalue weighted by Gasteiger charge is -2.07. The fourth-order valence-corrected chi connectivity index (χ4v) is 2.47. The third kappa shape index (κ3) is 1.82. The first-order valence-corrected chi connectivity index (χ1v) is 6.03. The average molecular weight is 238 g/mol. The van der Waals surface area contributed by atoms with Crippen LogP contribution in [-0.2, 0) is 10.0 Å². The Bertz CT molecular complexity index is 604. The van der Waals surface area contributed by atoms with Crippen LogP contribution in [0.25, 0.3) is 11.3 Å². The van der Waals surface area contributed by atoms with Gasteiger partial charge in [-0.25, -0.2) is 13.6 Å². The van der Waals surface area contributed by atoms with Crippen molar-refractivity contribution in [2.45, 2.75) is 11.8 Å². The highest BCUT2D eigenvalue weighted by molar-refractivity contribution is 7.89. The summed E-state index contributed by atoms with van der Waals surface area (Å²) < 4.78 is 22.9. The molecule has 0 saturated carbocycles. The van der Waals surface area contributed by atoms with E-state index < -0.39 is 10.0 Å². The smallest absolute Gasteiger partial charge is 0.240 e. The quantitative estimate of drug-likeness (QED) is 0.791. The number of nitrogens with one attached hydrogen (secondary N) is 1. The van der Waals surface area contributed by atoms with Gasteiger partial charge in [-0.1, -0.05) is 0 Å². The van der Waals surface area contributed by atoms with Crippen LogP contribution in [0.2, 0.25) is 0 Å². The first kappa shape index (κ1) is 10.8. The fourth-order valence-electron chi connectivity index (χ4n) is 1.52. The molecule has 0 radical (unpaired) electrons. The number of nitrogens with zero attached hydrogens (tertiary/aromatic N) is 2. The predicted octanol–water partition coefficient (Wildman–Crippen LogP) is 0.428. The van der Waals surface area contributed by atoms with Crippen LogP contribution >= 0.6 is 0 Å².